The zero-order chi connectivity index (χ0) is 46.3. The Morgan fingerprint density at radius 2 is 1.25 bits per heavy atom. The highest BCUT2D eigenvalue weighted by atomic mass is 32.2. The normalized spacial score (nSPS) is 15.7. The lowest BCUT2D eigenvalue weighted by molar-refractivity contribution is 0.130. The van der Waals surface area contributed by atoms with Crippen molar-refractivity contribution in [3.8, 4) is 23.5 Å². The first-order valence-corrected chi connectivity index (χ1v) is 23.7. The van der Waals surface area contributed by atoms with Crippen LogP contribution in [0.15, 0.2) is 60.9 Å². The Hall–Kier alpha value is -5.83. The molecule has 0 unspecified atom stereocenters. The molecule has 6 heterocycles. The lowest BCUT2D eigenvalue weighted by Gasteiger charge is -2.27. The Bertz CT molecular complexity index is 2630. The summed E-state index contributed by atoms with van der Waals surface area (Å²) >= 11 is 0. The molecule has 0 radical (unpaired) electrons. The van der Waals surface area contributed by atoms with Crippen LogP contribution < -0.4 is 40.2 Å². The number of hydrogen-bond donors (Lipinski definition) is 4. The minimum Gasteiger partial charge on any atom is -0.497 e. The maximum absolute atomic E-state index is 12.9. The predicted octanol–water partition coefficient (Wildman–Crippen LogP) is 5.60. The standard InChI is InChI=1S/C25H37N7O4S.C20H26N6O2/c1-17(2)22-16-27-32-23(22)29-25(30-24(32)28-18(3)19-7-6-8-20(15-19)35-5)36-14-13-31(4)37(33,34)21-9-11-26-12-10-21;1-12(2)17-11-22-26-18(17)24-20(28-16-9-21-10-16)25-19(26)23-13(3)14-6-5-7-15(8-14)27-4/h6-8,15-18,21,26H,9-14H2,1-5H3,(H,28,29,30);5-8,11-13,16,21H,9-10H2,1-4H3,(H,23,24,25)/t18-;13-/m00/s1. The van der Waals surface area contributed by atoms with E-state index in [2.05, 4.69) is 92.1 Å². The van der Waals surface area contributed by atoms with Gasteiger partial charge in [-0.15, -0.1) is 0 Å². The van der Waals surface area contributed by atoms with E-state index in [0.717, 1.165) is 65.6 Å². The van der Waals surface area contributed by atoms with Crippen LogP contribution in [0.2, 0.25) is 0 Å². The second kappa shape index (κ2) is 21.0. The van der Waals surface area contributed by atoms with E-state index in [4.69, 9.17) is 18.9 Å². The van der Waals surface area contributed by atoms with Gasteiger partial charge in [-0.25, -0.2) is 12.7 Å². The summed E-state index contributed by atoms with van der Waals surface area (Å²) in [6.07, 6.45) is 4.99. The topological polar surface area (TPSA) is 209 Å². The second-order valence-electron chi connectivity index (χ2n) is 17.0. The Kier molecular flexibility index (Phi) is 15.2. The molecule has 0 aliphatic carbocycles. The van der Waals surface area contributed by atoms with Crippen LogP contribution in [0.3, 0.4) is 0 Å². The van der Waals surface area contributed by atoms with Crippen molar-refractivity contribution in [2.24, 2.45) is 0 Å². The van der Waals surface area contributed by atoms with Crippen LogP contribution in [0.5, 0.6) is 23.5 Å². The summed E-state index contributed by atoms with van der Waals surface area (Å²) in [4.78, 5) is 18.4. The summed E-state index contributed by atoms with van der Waals surface area (Å²) in [5, 5.41) is 21.9. The van der Waals surface area contributed by atoms with Gasteiger partial charge >= 0.3 is 12.0 Å². The minimum absolute atomic E-state index is 0.00174. The number of nitrogens with zero attached hydrogens (tertiary/aromatic N) is 9. The highest BCUT2D eigenvalue weighted by Crippen LogP contribution is 2.29. The molecule has 0 saturated carbocycles. The van der Waals surface area contributed by atoms with Gasteiger partial charge in [0.2, 0.25) is 21.9 Å². The lowest BCUT2D eigenvalue weighted by Crippen LogP contribution is -2.50. The largest absolute Gasteiger partial charge is 0.497 e. The number of methoxy groups -OCH3 is 2. The Labute approximate surface area is 381 Å². The maximum atomic E-state index is 12.9. The lowest BCUT2D eigenvalue weighted by atomic mass is 10.1. The van der Waals surface area contributed by atoms with E-state index in [0.29, 0.717) is 42.3 Å². The molecule has 2 atom stereocenters. The van der Waals surface area contributed by atoms with Gasteiger partial charge in [-0.3, -0.25) is 0 Å². The van der Waals surface area contributed by atoms with Crippen molar-refractivity contribution < 1.29 is 27.4 Å². The smallest absolute Gasteiger partial charge is 0.322 e. The number of rotatable bonds is 18. The SMILES string of the molecule is COc1cccc([C@H](C)Nc2nc(OC3CNC3)nc3c(C(C)C)cnn23)c1.COc1cccc([C@H](C)Nc2nc(OCCN(C)S(=O)(=O)C3CCNCC3)nc3c(C(C)C)cnn23)c1. The quantitative estimate of drug-likeness (QED) is 0.0827. The highest BCUT2D eigenvalue weighted by molar-refractivity contribution is 7.89. The van der Waals surface area contributed by atoms with E-state index < -0.39 is 10.0 Å². The molecule has 20 heteroatoms. The van der Waals surface area contributed by atoms with Crippen LogP contribution in [0.1, 0.15) is 101 Å². The Balaban J connectivity index is 0.000000201. The van der Waals surface area contributed by atoms with Crippen LogP contribution >= 0.6 is 0 Å². The molecule has 19 nitrogen and oxygen atoms in total. The van der Waals surface area contributed by atoms with Gasteiger partial charge in [0.1, 0.15) is 24.2 Å². The van der Waals surface area contributed by atoms with E-state index >= 15 is 0 Å². The summed E-state index contributed by atoms with van der Waals surface area (Å²) < 4.78 is 53.2. The summed E-state index contributed by atoms with van der Waals surface area (Å²) in [5.41, 5.74) is 5.57. The van der Waals surface area contributed by atoms with Crippen LogP contribution in [0, 0.1) is 0 Å². The Morgan fingerprint density at radius 3 is 1.72 bits per heavy atom. The first-order valence-electron chi connectivity index (χ1n) is 22.2. The van der Waals surface area contributed by atoms with E-state index in [9.17, 15) is 8.42 Å². The monoisotopic (exact) mass is 913 g/mol. The van der Waals surface area contributed by atoms with Crippen LogP contribution in [0.4, 0.5) is 11.9 Å². The number of piperidine rings is 1. The molecule has 8 rings (SSSR count). The molecular weight excluding hydrogens is 851 g/mol. The van der Waals surface area contributed by atoms with Gasteiger partial charge in [-0.05, 0) is 87.0 Å². The average molecular weight is 914 g/mol. The third-order valence-corrected chi connectivity index (χ3v) is 14.0. The van der Waals surface area contributed by atoms with Crippen LogP contribution in [0.25, 0.3) is 11.3 Å². The number of hydrogen-bond acceptors (Lipinski definition) is 16. The molecule has 2 fully saturated rings. The van der Waals surface area contributed by atoms with Crippen molar-refractivity contribution in [2.45, 2.75) is 89.7 Å². The average Bonchev–Trinajstić information content (AvgIpc) is 3.94. The third-order valence-electron chi connectivity index (χ3n) is 11.7. The molecule has 2 saturated heterocycles. The number of likely N-dealkylation sites (N-methyl/N-ethyl adjacent to an activating group) is 1. The number of sulfonamides is 1. The second-order valence-corrected chi connectivity index (χ2v) is 19.3. The number of aromatic nitrogens is 8. The van der Waals surface area contributed by atoms with Gasteiger partial charge in [0, 0.05) is 37.8 Å². The summed E-state index contributed by atoms with van der Waals surface area (Å²) in [7, 11) is 1.52. The molecule has 2 aliphatic heterocycles. The molecule has 0 bridgehead atoms. The van der Waals surface area contributed by atoms with Crippen molar-refractivity contribution in [1.82, 2.24) is 54.1 Å². The molecule has 6 aromatic rings. The molecule has 4 aromatic heterocycles. The van der Waals surface area contributed by atoms with Crippen molar-refractivity contribution in [3.05, 3.63) is 83.2 Å². The molecular formula is C45H63N13O6S. The number of nitrogens with one attached hydrogen (secondary N) is 4. The molecule has 4 N–H and O–H groups in total. The third kappa shape index (κ3) is 11.2. The van der Waals surface area contributed by atoms with Gasteiger partial charge in [0.15, 0.2) is 11.3 Å². The summed E-state index contributed by atoms with van der Waals surface area (Å²) in [6.45, 7) is 15.9. The van der Waals surface area contributed by atoms with E-state index in [-0.39, 0.29) is 48.5 Å². The first kappa shape index (κ1) is 47.1. The number of ether oxygens (including phenoxy) is 4. The summed E-state index contributed by atoms with van der Waals surface area (Å²) in [5.74, 6) is 3.18. The fourth-order valence-corrected chi connectivity index (χ4v) is 9.15. The van der Waals surface area contributed by atoms with Crippen molar-refractivity contribution >= 4 is 33.2 Å². The van der Waals surface area contributed by atoms with Crippen LogP contribution in [-0.4, -0.2) is 124 Å². The zero-order valence-electron chi connectivity index (χ0n) is 38.8. The number of fused-ring (bicyclic) bond motifs is 2. The molecule has 2 aromatic carbocycles. The van der Waals surface area contributed by atoms with E-state index in [1.54, 1.807) is 36.5 Å². The van der Waals surface area contributed by atoms with Gasteiger partial charge < -0.3 is 40.2 Å². The summed E-state index contributed by atoms with van der Waals surface area (Å²) in [6, 6.07) is 16.2. The molecule has 0 amide bonds. The van der Waals surface area contributed by atoms with Crippen molar-refractivity contribution in [2.75, 3.05) is 71.2 Å². The van der Waals surface area contributed by atoms with Crippen LogP contribution in [-0.2, 0) is 10.0 Å². The van der Waals surface area contributed by atoms with Gasteiger partial charge in [0.05, 0.1) is 43.9 Å². The predicted molar refractivity (Wildman–Crippen MR) is 250 cm³/mol. The fourth-order valence-electron chi connectivity index (χ4n) is 7.48. The number of benzene rings is 2. The zero-order valence-corrected chi connectivity index (χ0v) is 39.6. The van der Waals surface area contributed by atoms with E-state index in [1.807, 2.05) is 55.6 Å². The fraction of sp³-hybridized carbons (Fsp3) is 0.511. The number of anilines is 2. The molecule has 2 aliphatic rings. The van der Waals surface area contributed by atoms with Crippen molar-refractivity contribution in [1.29, 1.82) is 0 Å². The molecule has 0 spiro atoms. The van der Waals surface area contributed by atoms with E-state index in [1.165, 1.54) is 4.31 Å². The highest BCUT2D eigenvalue weighted by Gasteiger charge is 2.31. The Morgan fingerprint density at radius 1 is 0.738 bits per heavy atom. The molecule has 350 valence electrons. The van der Waals surface area contributed by atoms with Gasteiger partial charge in [0.25, 0.3) is 0 Å². The molecule has 65 heavy (non-hydrogen) atoms. The van der Waals surface area contributed by atoms with Gasteiger partial charge in [-0.1, -0.05) is 52.0 Å². The van der Waals surface area contributed by atoms with Gasteiger partial charge in [-0.2, -0.15) is 39.2 Å². The first-order chi connectivity index (χ1) is 31.2. The minimum atomic E-state index is -3.38. The maximum Gasteiger partial charge on any atom is 0.322 e. The van der Waals surface area contributed by atoms with Crippen molar-refractivity contribution in [3.63, 3.8) is 0 Å².